The third-order valence-corrected chi connectivity index (χ3v) is 6.30. The first kappa shape index (κ1) is 24.1. The molecule has 0 spiro atoms. The van der Waals surface area contributed by atoms with Crippen LogP contribution in [-0.4, -0.2) is 28.6 Å². The van der Waals surface area contributed by atoms with E-state index >= 15 is 0 Å². The Morgan fingerprint density at radius 2 is 1.74 bits per heavy atom. The number of carboxylic acids is 1. The molecule has 1 heterocycles. The van der Waals surface area contributed by atoms with Crippen molar-refractivity contribution in [1.29, 1.82) is 0 Å². The minimum Gasteiger partial charge on any atom is -0.489 e. The quantitative estimate of drug-likeness (QED) is 0.407. The lowest BCUT2D eigenvalue weighted by Gasteiger charge is -2.32. The van der Waals surface area contributed by atoms with Crippen LogP contribution in [-0.2, 0) is 17.6 Å². The highest BCUT2D eigenvalue weighted by Gasteiger charge is 2.39. The number of benzene rings is 3. The van der Waals surface area contributed by atoms with E-state index in [4.69, 9.17) is 16.3 Å². The Morgan fingerprint density at radius 3 is 2.38 bits per heavy atom. The van der Waals surface area contributed by atoms with Crippen LogP contribution in [0.2, 0.25) is 5.02 Å². The molecule has 3 aromatic carbocycles. The fraction of sp³-hybridized carbons (Fsp3) is 0.269. The molecule has 1 aliphatic heterocycles. The van der Waals surface area contributed by atoms with Gasteiger partial charge in [-0.25, -0.2) is 0 Å². The lowest BCUT2D eigenvalue weighted by molar-refractivity contribution is -0.143. The number of carboxylic acid groups (broad SMARTS) is 1. The zero-order valence-electron chi connectivity index (χ0n) is 18.1. The third kappa shape index (κ3) is 5.37. The van der Waals surface area contributed by atoms with Gasteiger partial charge in [0, 0.05) is 6.54 Å². The number of hydrogen-bond acceptors (Lipinski definition) is 3. The second kappa shape index (κ2) is 10.1. The first-order chi connectivity index (χ1) is 16.2. The van der Waals surface area contributed by atoms with Crippen LogP contribution >= 0.6 is 11.6 Å². The Hall–Kier alpha value is -3.03. The maximum atomic E-state index is 13.5. The van der Waals surface area contributed by atoms with Crippen LogP contribution in [0, 0.1) is 0 Å². The number of rotatable bonds is 7. The van der Waals surface area contributed by atoms with Crippen molar-refractivity contribution in [1.82, 2.24) is 4.90 Å². The van der Waals surface area contributed by atoms with E-state index in [1.54, 1.807) is 29.2 Å². The van der Waals surface area contributed by atoms with Gasteiger partial charge in [-0.3, -0.25) is 9.69 Å². The number of carbonyl (C=O) groups is 1. The molecule has 0 aliphatic carbocycles. The summed E-state index contributed by atoms with van der Waals surface area (Å²) in [6.07, 6.45) is -3.54. The molecule has 1 saturated heterocycles. The van der Waals surface area contributed by atoms with Gasteiger partial charge in [-0.15, -0.1) is 0 Å². The molecule has 0 saturated carbocycles. The average molecular weight is 490 g/mol. The number of aliphatic carboxylic acids is 1. The molecule has 178 valence electrons. The summed E-state index contributed by atoms with van der Waals surface area (Å²) >= 11 is 5.83. The lowest BCUT2D eigenvalue weighted by atomic mass is 9.94. The number of halogens is 4. The number of likely N-dealkylation sites (tertiary alicyclic amines) is 1. The number of nitrogens with zero attached hydrogens (tertiary/aromatic N) is 1. The molecule has 1 N–H and O–H groups in total. The highest BCUT2D eigenvalue weighted by molar-refractivity contribution is 6.31. The van der Waals surface area contributed by atoms with Crippen molar-refractivity contribution in [3.8, 4) is 5.75 Å². The van der Waals surface area contributed by atoms with Crippen molar-refractivity contribution in [3.63, 3.8) is 0 Å². The van der Waals surface area contributed by atoms with Crippen LogP contribution in [0.25, 0.3) is 0 Å². The highest BCUT2D eigenvalue weighted by Crippen LogP contribution is 2.40. The van der Waals surface area contributed by atoms with E-state index in [1.807, 2.05) is 30.3 Å². The zero-order chi connectivity index (χ0) is 24.3. The van der Waals surface area contributed by atoms with Crippen molar-refractivity contribution in [2.75, 3.05) is 6.54 Å². The summed E-state index contributed by atoms with van der Waals surface area (Å²) in [5.41, 5.74) is 1.08. The second-order valence-corrected chi connectivity index (χ2v) is 8.62. The fourth-order valence-corrected chi connectivity index (χ4v) is 4.58. The van der Waals surface area contributed by atoms with E-state index in [0.29, 0.717) is 42.9 Å². The fourth-order valence-electron chi connectivity index (χ4n) is 4.36. The first-order valence-corrected chi connectivity index (χ1v) is 11.2. The predicted octanol–water partition coefficient (Wildman–Crippen LogP) is 6.58. The smallest absolute Gasteiger partial charge is 0.417 e. The standard InChI is InChI=1S/C26H23ClF3NO3/c27-22-13-10-19(15-21(22)26(28,29)30)24(31-14-4-7-23(31)25(32)33)18-8-11-20(12-9-18)34-16-17-5-2-1-3-6-17/h1-3,5-6,8-13,15,23-24H,4,7,14,16H2,(H,32,33). The Morgan fingerprint density at radius 1 is 1.06 bits per heavy atom. The van der Waals surface area contributed by atoms with Gasteiger partial charge in [-0.1, -0.05) is 60.1 Å². The molecular formula is C26H23ClF3NO3. The van der Waals surface area contributed by atoms with E-state index in [9.17, 15) is 23.1 Å². The molecule has 3 aromatic rings. The van der Waals surface area contributed by atoms with Gasteiger partial charge in [-0.2, -0.15) is 13.2 Å². The van der Waals surface area contributed by atoms with E-state index < -0.39 is 34.8 Å². The molecule has 2 unspecified atom stereocenters. The second-order valence-electron chi connectivity index (χ2n) is 8.22. The Bertz CT molecular complexity index is 1140. The third-order valence-electron chi connectivity index (χ3n) is 5.97. The van der Waals surface area contributed by atoms with Crippen LogP contribution in [0.3, 0.4) is 0 Å². The summed E-state index contributed by atoms with van der Waals surface area (Å²) in [7, 11) is 0. The monoisotopic (exact) mass is 489 g/mol. The molecule has 2 atom stereocenters. The maximum absolute atomic E-state index is 13.5. The van der Waals surface area contributed by atoms with E-state index in [0.717, 1.165) is 11.6 Å². The molecule has 0 aromatic heterocycles. The highest BCUT2D eigenvalue weighted by atomic mass is 35.5. The molecular weight excluding hydrogens is 467 g/mol. The number of alkyl halides is 3. The normalized spacial score (nSPS) is 17.5. The molecule has 0 radical (unpaired) electrons. The maximum Gasteiger partial charge on any atom is 0.417 e. The minimum absolute atomic E-state index is 0.336. The summed E-state index contributed by atoms with van der Waals surface area (Å²) in [6.45, 7) is 0.834. The predicted molar refractivity (Wildman–Crippen MR) is 123 cm³/mol. The SMILES string of the molecule is O=C(O)C1CCCN1C(c1ccc(OCc2ccccc2)cc1)c1ccc(Cl)c(C(F)(F)F)c1. The van der Waals surface area contributed by atoms with Crippen LogP contribution < -0.4 is 4.74 Å². The largest absolute Gasteiger partial charge is 0.489 e. The molecule has 0 amide bonds. The lowest BCUT2D eigenvalue weighted by Crippen LogP contribution is -2.39. The van der Waals surface area contributed by atoms with Gasteiger partial charge in [0.05, 0.1) is 16.6 Å². The van der Waals surface area contributed by atoms with Crippen LogP contribution in [0.1, 0.15) is 41.1 Å². The summed E-state index contributed by atoms with van der Waals surface area (Å²) < 4.78 is 46.5. The Balaban J connectivity index is 1.67. The van der Waals surface area contributed by atoms with Crippen LogP contribution in [0.5, 0.6) is 5.75 Å². The van der Waals surface area contributed by atoms with E-state index in [-0.39, 0.29) is 0 Å². The zero-order valence-corrected chi connectivity index (χ0v) is 18.9. The molecule has 4 rings (SSSR count). The first-order valence-electron chi connectivity index (χ1n) is 10.9. The number of ether oxygens (including phenoxy) is 1. The molecule has 4 nitrogen and oxygen atoms in total. The topological polar surface area (TPSA) is 49.8 Å². The van der Waals surface area contributed by atoms with Crippen molar-refractivity contribution in [3.05, 3.63) is 100 Å². The van der Waals surface area contributed by atoms with Crippen molar-refractivity contribution >= 4 is 17.6 Å². The molecule has 8 heteroatoms. The van der Waals surface area contributed by atoms with Gasteiger partial charge < -0.3 is 9.84 Å². The van der Waals surface area contributed by atoms with Gasteiger partial charge in [0.15, 0.2) is 0 Å². The van der Waals surface area contributed by atoms with Gasteiger partial charge in [-0.05, 0) is 53.8 Å². The summed E-state index contributed by atoms with van der Waals surface area (Å²) in [4.78, 5) is 13.6. The Kier molecular flexibility index (Phi) is 7.14. The van der Waals surface area contributed by atoms with E-state index in [1.165, 1.54) is 12.1 Å². The van der Waals surface area contributed by atoms with Crippen LogP contribution in [0.4, 0.5) is 13.2 Å². The Labute approximate surface area is 200 Å². The van der Waals surface area contributed by atoms with Gasteiger partial charge in [0.2, 0.25) is 0 Å². The van der Waals surface area contributed by atoms with Crippen LogP contribution in [0.15, 0.2) is 72.8 Å². The molecule has 1 fully saturated rings. The molecule has 1 aliphatic rings. The summed E-state index contributed by atoms with van der Waals surface area (Å²) in [6, 6.07) is 19.0. The van der Waals surface area contributed by atoms with Gasteiger partial charge in [0.1, 0.15) is 18.4 Å². The average Bonchev–Trinajstić information content (AvgIpc) is 3.29. The van der Waals surface area contributed by atoms with E-state index in [2.05, 4.69) is 0 Å². The number of hydrogen-bond donors (Lipinski definition) is 1. The molecule has 0 bridgehead atoms. The summed E-state index contributed by atoms with van der Waals surface area (Å²) in [5.74, 6) is -0.384. The van der Waals surface area contributed by atoms with Gasteiger partial charge in [0.25, 0.3) is 0 Å². The summed E-state index contributed by atoms with van der Waals surface area (Å²) in [5, 5.41) is 9.32. The van der Waals surface area contributed by atoms with Crippen molar-refractivity contribution in [2.45, 2.75) is 37.7 Å². The van der Waals surface area contributed by atoms with Crippen molar-refractivity contribution < 1.29 is 27.8 Å². The van der Waals surface area contributed by atoms with Crippen molar-refractivity contribution in [2.24, 2.45) is 0 Å². The minimum atomic E-state index is -4.62. The van der Waals surface area contributed by atoms with Gasteiger partial charge >= 0.3 is 12.1 Å². The molecule has 34 heavy (non-hydrogen) atoms.